The number of nitrogens with zero attached hydrogens (tertiary/aromatic N) is 1. The van der Waals surface area contributed by atoms with E-state index in [2.05, 4.69) is 31.2 Å². The molecule has 1 aromatic carbocycles. The largest absolute Gasteiger partial charge is 0.198 e. The molecule has 0 aliphatic carbocycles. The molecule has 1 aliphatic heterocycles. The second-order valence-corrected chi connectivity index (χ2v) is 4.84. The van der Waals surface area contributed by atoms with E-state index in [-0.39, 0.29) is 0 Å². The van der Waals surface area contributed by atoms with Gasteiger partial charge in [0.15, 0.2) is 0 Å². The zero-order valence-corrected chi connectivity index (χ0v) is 8.40. The number of rotatable bonds is 1. The second kappa shape index (κ2) is 3.43. The molecule has 0 amide bonds. The van der Waals surface area contributed by atoms with E-state index in [9.17, 15) is 0 Å². The van der Waals surface area contributed by atoms with Crippen LogP contribution < -0.4 is 0 Å². The van der Waals surface area contributed by atoms with Crippen molar-refractivity contribution in [1.29, 1.82) is 5.26 Å². The summed E-state index contributed by atoms with van der Waals surface area (Å²) >= 11 is 1.92. The fourth-order valence-corrected chi connectivity index (χ4v) is 2.95. The van der Waals surface area contributed by atoms with Crippen molar-refractivity contribution in [2.75, 3.05) is 0 Å². The van der Waals surface area contributed by atoms with Gasteiger partial charge in [0.05, 0.1) is 12.5 Å². The minimum absolute atomic E-state index is 0.552. The second-order valence-electron chi connectivity index (χ2n) is 3.36. The highest BCUT2D eigenvalue weighted by Gasteiger charge is 2.20. The number of thioether (sulfide) groups is 1. The first kappa shape index (κ1) is 8.65. The van der Waals surface area contributed by atoms with Gasteiger partial charge in [-0.1, -0.05) is 19.1 Å². The van der Waals surface area contributed by atoms with Gasteiger partial charge in [0, 0.05) is 10.1 Å². The number of nitriles is 1. The zero-order chi connectivity index (χ0) is 9.26. The minimum atomic E-state index is 0.552. The van der Waals surface area contributed by atoms with Crippen LogP contribution in [0.3, 0.4) is 0 Å². The lowest BCUT2D eigenvalue weighted by Gasteiger charge is -2.02. The Balaban J connectivity index is 2.40. The fourth-order valence-electron chi connectivity index (χ4n) is 1.75. The third kappa shape index (κ3) is 1.57. The first-order chi connectivity index (χ1) is 6.31. The molecule has 1 aliphatic rings. The standard InChI is InChI=1S/C11H11NS/c1-8-7-10-9(5-6-12)3-2-4-11(10)13-8/h2-4,8H,5,7H2,1H3. The summed E-state index contributed by atoms with van der Waals surface area (Å²) in [6.07, 6.45) is 1.67. The fraction of sp³-hybridized carbons (Fsp3) is 0.364. The third-order valence-electron chi connectivity index (χ3n) is 2.32. The minimum Gasteiger partial charge on any atom is -0.198 e. The first-order valence-corrected chi connectivity index (χ1v) is 5.33. The smallest absolute Gasteiger partial charge is 0.0669 e. The highest BCUT2D eigenvalue weighted by molar-refractivity contribution is 8.00. The quantitative estimate of drug-likeness (QED) is 0.678. The van der Waals surface area contributed by atoms with Crippen molar-refractivity contribution in [3.05, 3.63) is 29.3 Å². The van der Waals surface area contributed by atoms with Crippen LogP contribution in [0.5, 0.6) is 0 Å². The van der Waals surface area contributed by atoms with Crippen molar-refractivity contribution in [3.8, 4) is 6.07 Å². The Morgan fingerprint density at radius 1 is 1.62 bits per heavy atom. The average Bonchev–Trinajstić information content (AvgIpc) is 2.47. The lowest BCUT2D eigenvalue weighted by Crippen LogP contribution is -1.95. The summed E-state index contributed by atoms with van der Waals surface area (Å²) in [6, 6.07) is 8.50. The molecule has 1 heterocycles. The summed E-state index contributed by atoms with van der Waals surface area (Å²) < 4.78 is 0. The average molecular weight is 189 g/mol. The summed E-state index contributed by atoms with van der Waals surface area (Å²) in [6.45, 7) is 2.24. The molecule has 1 aromatic rings. The normalized spacial score (nSPS) is 19.5. The molecule has 1 unspecified atom stereocenters. The van der Waals surface area contributed by atoms with Crippen molar-refractivity contribution >= 4 is 11.8 Å². The summed E-state index contributed by atoms with van der Waals surface area (Å²) in [5, 5.41) is 9.34. The summed E-state index contributed by atoms with van der Waals surface area (Å²) in [7, 11) is 0. The van der Waals surface area contributed by atoms with Crippen LogP contribution in [0.25, 0.3) is 0 Å². The summed E-state index contributed by atoms with van der Waals surface area (Å²) in [5.74, 6) is 0. The van der Waals surface area contributed by atoms with E-state index >= 15 is 0 Å². The van der Waals surface area contributed by atoms with Gasteiger partial charge < -0.3 is 0 Å². The van der Waals surface area contributed by atoms with E-state index < -0.39 is 0 Å². The van der Waals surface area contributed by atoms with Crippen LogP contribution in [0.4, 0.5) is 0 Å². The van der Waals surface area contributed by atoms with Crippen molar-refractivity contribution in [2.24, 2.45) is 0 Å². The maximum atomic E-state index is 8.66. The lowest BCUT2D eigenvalue weighted by atomic mass is 10.0. The SMILES string of the molecule is CC1Cc2c(CC#N)cccc2S1. The molecule has 1 atom stereocenters. The van der Waals surface area contributed by atoms with Crippen LogP contribution in [-0.2, 0) is 12.8 Å². The molecule has 2 rings (SSSR count). The van der Waals surface area contributed by atoms with E-state index in [1.165, 1.54) is 16.0 Å². The Hall–Kier alpha value is -0.940. The van der Waals surface area contributed by atoms with Gasteiger partial charge in [-0.3, -0.25) is 0 Å². The predicted octanol–water partition coefficient (Wildman–Crippen LogP) is 2.79. The van der Waals surface area contributed by atoms with Gasteiger partial charge in [0.1, 0.15) is 0 Å². The number of benzene rings is 1. The van der Waals surface area contributed by atoms with E-state index in [4.69, 9.17) is 5.26 Å². The molecule has 1 nitrogen and oxygen atoms in total. The van der Waals surface area contributed by atoms with E-state index in [1.54, 1.807) is 0 Å². The van der Waals surface area contributed by atoms with Crippen LogP contribution in [0, 0.1) is 11.3 Å². The number of hydrogen-bond acceptors (Lipinski definition) is 2. The van der Waals surface area contributed by atoms with Gasteiger partial charge in [-0.15, -0.1) is 11.8 Å². The van der Waals surface area contributed by atoms with Crippen molar-refractivity contribution in [1.82, 2.24) is 0 Å². The Bertz CT molecular complexity index is 365. The molecule has 0 bridgehead atoms. The molecular formula is C11H11NS. The van der Waals surface area contributed by atoms with Crippen LogP contribution in [0.1, 0.15) is 18.1 Å². The van der Waals surface area contributed by atoms with E-state index in [1.807, 2.05) is 11.8 Å². The molecule has 66 valence electrons. The van der Waals surface area contributed by atoms with Gasteiger partial charge >= 0.3 is 0 Å². The highest BCUT2D eigenvalue weighted by atomic mass is 32.2. The Morgan fingerprint density at radius 3 is 3.23 bits per heavy atom. The topological polar surface area (TPSA) is 23.8 Å². The monoisotopic (exact) mass is 189 g/mol. The summed E-state index contributed by atoms with van der Waals surface area (Å²) in [5.41, 5.74) is 2.62. The van der Waals surface area contributed by atoms with Crippen molar-refractivity contribution < 1.29 is 0 Å². The van der Waals surface area contributed by atoms with E-state index in [0.29, 0.717) is 11.7 Å². The molecule has 0 fully saturated rings. The molecule has 0 aromatic heterocycles. The van der Waals surface area contributed by atoms with Gasteiger partial charge in [-0.05, 0) is 23.6 Å². The Labute approximate surface area is 82.8 Å². The molecule has 0 radical (unpaired) electrons. The van der Waals surface area contributed by atoms with Gasteiger partial charge in [-0.25, -0.2) is 0 Å². The van der Waals surface area contributed by atoms with Crippen LogP contribution in [0.2, 0.25) is 0 Å². The maximum Gasteiger partial charge on any atom is 0.0669 e. The van der Waals surface area contributed by atoms with E-state index in [0.717, 1.165) is 6.42 Å². The lowest BCUT2D eigenvalue weighted by molar-refractivity contribution is 0.941. The predicted molar refractivity (Wildman–Crippen MR) is 54.8 cm³/mol. The highest BCUT2D eigenvalue weighted by Crippen LogP contribution is 2.38. The van der Waals surface area contributed by atoms with Gasteiger partial charge in [0.2, 0.25) is 0 Å². The molecule has 13 heavy (non-hydrogen) atoms. The molecule has 0 saturated carbocycles. The molecular weight excluding hydrogens is 178 g/mol. The third-order valence-corrected chi connectivity index (χ3v) is 3.52. The zero-order valence-electron chi connectivity index (χ0n) is 7.58. The number of fused-ring (bicyclic) bond motifs is 1. The van der Waals surface area contributed by atoms with Crippen molar-refractivity contribution in [3.63, 3.8) is 0 Å². The Morgan fingerprint density at radius 2 is 2.46 bits per heavy atom. The maximum absolute atomic E-state index is 8.66. The van der Waals surface area contributed by atoms with Crippen LogP contribution >= 0.6 is 11.8 Å². The Kier molecular flexibility index (Phi) is 2.28. The molecule has 2 heteroatoms. The van der Waals surface area contributed by atoms with Gasteiger partial charge in [0.25, 0.3) is 0 Å². The summed E-state index contributed by atoms with van der Waals surface area (Å²) in [4.78, 5) is 1.38. The van der Waals surface area contributed by atoms with Crippen LogP contribution in [-0.4, -0.2) is 5.25 Å². The molecule has 0 spiro atoms. The van der Waals surface area contributed by atoms with Crippen LogP contribution in [0.15, 0.2) is 23.1 Å². The first-order valence-electron chi connectivity index (χ1n) is 4.45. The molecule has 0 saturated heterocycles. The van der Waals surface area contributed by atoms with Gasteiger partial charge in [-0.2, -0.15) is 5.26 Å². The van der Waals surface area contributed by atoms with Crippen molar-refractivity contribution in [2.45, 2.75) is 29.9 Å². The molecule has 0 N–H and O–H groups in total. The number of hydrogen-bond donors (Lipinski definition) is 0.